The third kappa shape index (κ3) is 5.21. The molecule has 1 aromatic rings. The summed E-state index contributed by atoms with van der Waals surface area (Å²) >= 11 is 0. The minimum absolute atomic E-state index is 0.0774. The van der Waals surface area contributed by atoms with E-state index in [0.717, 1.165) is 6.42 Å². The van der Waals surface area contributed by atoms with Crippen LogP contribution in [0.3, 0.4) is 0 Å². The van der Waals surface area contributed by atoms with Crippen LogP contribution in [0.15, 0.2) is 24.3 Å². The molecule has 20 heavy (non-hydrogen) atoms. The van der Waals surface area contributed by atoms with E-state index in [-0.39, 0.29) is 18.1 Å². The van der Waals surface area contributed by atoms with Crippen LogP contribution in [0.5, 0.6) is 5.75 Å². The number of rotatable bonds is 7. The molecule has 0 saturated heterocycles. The molecular formula is C16H26N2O2. The average molecular weight is 278 g/mol. The molecule has 0 aliphatic rings. The molecule has 1 unspecified atom stereocenters. The first-order valence-corrected chi connectivity index (χ1v) is 7.21. The number of nitrogens with two attached hydrogens (primary N) is 1. The van der Waals surface area contributed by atoms with Crippen molar-refractivity contribution in [3.8, 4) is 5.75 Å². The molecule has 3 N–H and O–H groups in total. The predicted octanol–water partition coefficient (Wildman–Crippen LogP) is 2.58. The lowest BCUT2D eigenvalue weighted by molar-refractivity contribution is 0.0923. The molecule has 0 aliphatic heterocycles. The van der Waals surface area contributed by atoms with E-state index >= 15 is 0 Å². The Morgan fingerprint density at radius 3 is 2.55 bits per heavy atom. The number of ether oxygens (including phenoxy) is 1. The molecular weight excluding hydrogens is 252 g/mol. The van der Waals surface area contributed by atoms with Gasteiger partial charge in [-0.25, -0.2) is 0 Å². The topological polar surface area (TPSA) is 64.3 Å². The van der Waals surface area contributed by atoms with Gasteiger partial charge in [0, 0.05) is 11.6 Å². The van der Waals surface area contributed by atoms with Crippen molar-refractivity contribution in [2.45, 2.75) is 46.3 Å². The van der Waals surface area contributed by atoms with Crippen LogP contribution in [-0.4, -0.2) is 24.6 Å². The van der Waals surface area contributed by atoms with E-state index in [1.165, 1.54) is 0 Å². The zero-order chi connectivity index (χ0) is 15.1. The van der Waals surface area contributed by atoms with Gasteiger partial charge in [-0.05, 0) is 50.9 Å². The molecule has 0 aliphatic carbocycles. The van der Waals surface area contributed by atoms with E-state index in [0.29, 0.717) is 23.8 Å². The molecule has 0 bridgehead atoms. The Morgan fingerprint density at radius 1 is 1.30 bits per heavy atom. The standard InChI is InChI=1S/C16H26N2O2/c1-11(2)15(8-9-17)18-16(19)13-6-5-7-14(10-13)20-12(3)4/h5-7,10-12,15H,8-9,17H2,1-4H3,(H,18,19). The SMILES string of the molecule is CC(C)Oc1cccc(C(=O)NC(CCN)C(C)C)c1. The minimum Gasteiger partial charge on any atom is -0.491 e. The van der Waals surface area contributed by atoms with Gasteiger partial charge >= 0.3 is 0 Å². The zero-order valence-corrected chi connectivity index (χ0v) is 12.8. The lowest BCUT2D eigenvalue weighted by atomic mass is 10.0. The van der Waals surface area contributed by atoms with Gasteiger partial charge in [0.2, 0.25) is 0 Å². The second kappa shape index (κ2) is 7.90. The Morgan fingerprint density at radius 2 is 2.00 bits per heavy atom. The molecule has 0 spiro atoms. The van der Waals surface area contributed by atoms with Crippen LogP contribution in [0.4, 0.5) is 0 Å². The summed E-state index contributed by atoms with van der Waals surface area (Å²) in [6.07, 6.45) is 0.875. The lowest BCUT2D eigenvalue weighted by Gasteiger charge is -2.22. The van der Waals surface area contributed by atoms with Crippen molar-refractivity contribution in [3.63, 3.8) is 0 Å². The highest BCUT2D eigenvalue weighted by atomic mass is 16.5. The molecule has 0 radical (unpaired) electrons. The van der Waals surface area contributed by atoms with Gasteiger partial charge in [0.15, 0.2) is 0 Å². The van der Waals surface area contributed by atoms with Crippen molar-refractivity contribution in [2.24, 2.45) is 11.7 Å². The molecule has 4 nitrogen and oxygen atoms in total. The average Bonchev–Trinajstić information content (AvgIpc) is 2.37. The Balaban J connectivity index is 2.75. The highest BCUT2D eigenvalue weighted by Crippen LogP contribution is 2.15. The fourth-order valence-corrected chi connectivity index (χ4v) is 1.99. The largest absolute Gasteiger partial charge is 0.491 e. The Hall–Kier alpha value is -1.55. The summed E-state index contributed by atoms with van der Waals surface area (Å²) in [4.78, 5) is 12.3. The predicted molar refractivity (Wildman–Crippen MR) is 82.0 cm³/mol. The summed E-state index contributed by atoms with van der Waals surface area (Å²) in [5.41, 5.74) is 6.21. The molecule has 4 heteroatoms. The van der Waals surface area contributed by atoms with Crippen molar-refractivity contribution in [1.82, 2.24) is 5.32 Å². The van der Waals surface area contributed by atoms with Crippen LogP contribution in [0, 0.1) is 5.92 Å². The van der Waals surface area contributed by atoms with Crippen LogP contribution in [0.1, 0.15) is 44.5 Å². The van der Waals surface area contributed by atoms with Gasteiger partial charge in [0.1, 0.15) is 5.75 Å². The van der Waals surface area contributed by atoms with E-state index < -0.39 is 0 Å². The zero-order valence-electron chi connectivity index (χ0n) is 12.8. The normalized spacial score (nSPS) is 12.6. The summed E-state index contributed by atoms with van der Waals surface area (Å²) in [5, 5.41) is 3.04. The number of carbonyl (C=O) groups excluding carboxylic acids is 1. The van der Waals surface area contributed by atoms with Crippen LogP contribution in [-0.2, 0) is 0 Å². The van der Waals surface area contributed by atoms with E-state index in [9.17, 15) is 4.79 Å². The van der Waals surface area contributed by atoms with Crippen molar-refractivity contribution in [1.29, 1.82) is 0 Å². The van der Waals surface area contributed by atoms with Gasteiger partial charge in [-0.2, -0.15) is 0 Å². The molecule has 0 aromatic heterocycles. The Labute approximate surface area is 121 Å². The number of hydrogen-bond donors (Lipinski definition) is 2. The molecule has 0 saturated carbocycles. The minimum atomic E-state index is -0.0774. The van der Waals surface area contributed by atoms with Crippen molar-refractivity contribution < 1.29 is 9.53 Å². The fourth-order valence-electron chi connectivity index (χ4n) is 1.99. The summed E-state index contributed by atoms with van der Waals surface area (Å²) in [5.74, 6) is 0.997. The second-order valence-corrected chi connectivity index (χ2v) is 5.60. The summed E-state index contributed by atoms with van der Waals surface area (Å²) in [6.45, 7) is 8.66. The quantitative estimate of drug-likeness (QED) is 0.805. The summed E-state index contributed by atoms with van der Waals surface area (Å²) < 4.78 is 5.60. The first-order valence-electron chi connectivity index (χ1n) is 7.21. The van der Waals surface area contributed by atoms with Crippen LogP contribution < -0.4 is 15.8 Å². The number of nitrogens with one attached hydrogen (secondary N) is 1. The molecule has 1 aromatic carbocycles. The van der Waals surface area contributed by atoms with Crippen LogP contribution in [0.25, 0.3) is 0 Å². The van der Waals surface area contributed by atoms with Gasteiger partial charge in [-0.3, -0.25) is 4.79 Å². The third-order valence-electron chi connectivity index (χ3n) is 3.07. The smallest absolute Gasteiger partial charge is 0.251 e. The summed E-state index contributed by atoms with van der Waals surface area (Å²) in [7, 11) is 0. The van der Waals surface area contributed by atoms with E-state index in [1.807, 2.05) is 26.0 Å². The summed E-state index contributed by atoms with van der Waals surface area (Å²) in [6, 6.07) is 7.36. The van der Waals surface area contributed by atoms with Gasteiger partial charge in [0.25, 0.3) is 5.91 Å². The number of benzene rings is 1. The first-order chi connectivity index (χ1) is 9.43. The lowest BCUT2D eigenvalue weighted by Crippen LogP contribution is -2.39. The molecule has 0 heterocycles. The highest BCUT2D eigenvalue weighted by molar-refractivity contribution is 5.94. The molecule has 1 rings (SSSR count). The number of hydrogen-bond acceptors (Lipinski definition) is 3. The fraction of sp³-hybridized carbons (Fsp3) is 0.562. The van der Waals surface area contributed by atoms with Gasteiger partial charge in [-0.1, -0.05) is 19.9 Å². The van der Waals surface area contributed by atoms with E-state index in [2.05, 4.69) is 19.2 Å². The van der Waals surface area contributed by atoms with Crippen LogP contribution >= 0.6 is 0 Å². The maximum Gasteiger partial charge on any atom is 0.251 e. The highest BCUT2D eigenvalue weighted by Gasteiger charge is 2.16. The monoisotopic (exact) mass is 278 g/mol. The molecule has 0 fully saturated rings. The first kappa shape index (κ1) is 16.5. The van der Waals surface area contributed by atoms with Crippen LogP contribution in [0.2, 0.25) is 0 Å². The van der Waals surface area contributed by atoms with E-state index in [4.69, 9.17) is 10.5 Å². The molecule has 112 valence electrons. The van der Waals surface area contributed by atoms with Gasteiger partial charge in [0.05, 0.1) is 6.10 Å². The van der Waals surface area contributed by atoms with Crippen molar-refractivity contribution in [2.75, 3.05) is 6.54 Å². The van der Waals surface area contributed by atoms with Gasteiger partial charge in [-0.15, -0.1) is 0 Å². The third-order valence-corrected chi connectivity index (χ3v) is 3.07. The Bertz CT molecular complexity index is 430. The maximum atomic E-state index is 12.3. The maximum absolute atomic E-state index is 12.3. The number of amides is 1. The Kier molecular flexibility index (Phi) is 6.52. The van der Waals surface area contributed by atoms with Crippen molar-refractivity contribution >= 4 is 5.91 Å². The van der Waals surface area contributed by atoms with Crippen molar-refractivity contribution in [3.05, 3.63) is 29.8 Å². The molecule has 1 atom stereocenters. The number of carbonyl (C=O) groups is 1. The van der Waals surface area contributed by atoms with E-state index in [1.54, 1.807) is 12.1 Å². The van der Waals surface area contributed by atoms with Gasteiger partial charge < -0.3 is 15.8 Å². The second-order valence-electron chi connectivity index (χ2n) is 5.60. The molecule has 1 amide bonds.